The Labute approximate surface area is 163 Å². The van der Waals surface area contributed by atoms with E-state index in [9.17, 15) is 20.2 Å². The van der Waals surface area contributed by atoms with E-state index in [0.29, 0.717) is 10.0 Å². The molecule has 0 bridgehead atoms. The molecule has 0 aromatic heterocycles. The molecule has 114 valence electrons. The third-order valence-electron chi connectivity index (χ3n) is 2.24. The maximum absolute atomic E-state index is 10.3. The summed E-state index contributed by atoms with van der Waals surface area (Å²) < 4.78 is 0.328. The number of thiol groups is 1. The maximum Gasteiger partial charge on any atom is 1.00 e. The van der Waals surface area contributed by atoms with Crippen LogP contribution in [0.4, 0.5) is 11.4 Å². The number of thiocarbonyl (C=S) groups is 1. The van der Waals surface area contributed by atoms with Gasteiger partial charge in [-0.25, -0.2) is 0 Å². The first-order valence-corrected chi connectivity index (χ1v) is 6.60. The van der Waals surface area contributed by atoms with Crippen LogP contribution in [-0.2, 0) is 27.7 Å². The minimum absolute atomic E-state index is 0. The summed E-state index contributed by atoms with van der Waals surface area (Å²) in [5.41, 5.74) is 3.53. The number of nitro benzene ring substituents is 1. The molecule has 0 aliphatic heterocycles. The number of benzene rings is 1. The SMILES string of the molecule is O=[N+]([O-])C1=CC=C=C[CH]1.O=[N+]([O-])c1ccc(NC(=S)S)cc1.[Hg+]. The number of nitrogens with zero attached hydrogens (tertiary/aromatic N) is 2. The largest absolute Gasteiger partial charge is 1.00 e. The van der Waals surface area contributed by atoms with Crippen LogP contribution in [0, 0.1) is 26.6 Å². The van der Waals surface area contributed by atoms with E-state index in [1.54, 1.807) is 12.1 Å². The monoisotopic (exact) mass is 538 g/mol. The average molecular weight is 537 g/mol. The molecule has 0 fully saturated rings. The fourth-order valence-electron chi connectivity index (χ4n) is 1.29. The van der Waals surface area contributed by atoms with Crippen LogP contribution in [-0.4, -0.2) is 14.2 Å². The third kappa shape index (κ3) is 8.60. The molecule has 1 N–H and O–H groups in total. The third-order valence-corrected chi connectivity index (χ3v) is 2.45. The van der Waals surface area contributed by atoms with Gasteiger partial charge in [0, 0.05) is 23.9 Å². The van der Waals surface area contributed by atoms with Crippen molar-refractivity contribution >= 4 is 40.5 Å². The van der Waals surface area contributed by atoms with Crippen LogP contribution in [0.15, 0.2) is 53.9 Å². The van der Waals surface area contributed by atoms with E-state index in [4.69, 9.17) is 0 Å². The Kier molecular flexibility index (Phi) is 10.3. The molecule has 0 unspecified atom stereocenters. The van der Waals surface area contributed by atoms with Crippen LogP contribution in [0.5, 0.6) is 0 Å². The number of hydrogen-bond donors (Lipinski definition) is 2. The van der Waals surface area contributed by atoms with Crippen LogP contribution in [0.3, 0.4) is 0 Å². The predicted molar refractivity (Wildman–Crippen MR) is 90.3 cm³/mol. The van der Waals surface area contributed by atoms with Gasteiger partial charge in [-0.3, -0.25) is 20.2 Å². The van der Waals surface area contributed by atoms with E-state index < -0.39 is 9.85 Å². The summed E-state index contributed by atoms with van der Waals surface area (Å²) >= 11 is 8.54. The van der Waals surface area contributed by atoms with Crippen molar-refractivity contribution in [2.45, 2.75) is 0 Å². The van der Waals surface area contributed by atoms with Gasteiger partial charge in [-0.15, -0.1) is 18.4 Å². The number of rotatable bonds is 3. The van der Waals surface area contributed by atoms with E-state index in [-0.39, 0.29) is 39.1 Å². The minimum atomic E-state index is -0.456. The van der Waals surface area contributed by atoms with Crippen molar-refractivity contribution < 1.29 is 37.5 Å². The number of nitrogens with one attached hydrogen (secondary N) is 1. The molecule has 0 atom stereocenters. The van der Waals surface area contributed by atoms with Crippen molar-refractivity contribution in [3.8, 4) is 0 Å². The fraction of sp³-hybridized carbons (Fsp3) is 0. The zero-order chi connectivity index (χ0) is 16.5. The molecule has 2 radical (unpaired) electrons. The quantitative estimate of drug-likeness (QED) is 0.154. The second-order valence-corrected chi connectivity index (χ2v) is 4.91. The van der Waals surface area contributed by atoms with Gasteiger partial charge in [0.1, 0.15) is 4.32 Å². The Morgan fingerprint density at radius 2 is 1.74 bits per heavy atom. The average Bonchev–Trinajstić information content (AvgIpc) is 2.48. The summed E-state index contributed by atoms with van der Waals surface area (Å²) in [4.78, 5) is 19.4. The Hall–Kier alpha value is -1.54. The first-order valence-electron chi connectivity index (χ1n) is 5.75. The second-order valence-electron chi connectivity index (χ2n) is 3.75. The maximum atomic E-state index is 10.3. The number of non-ortho nitro benzene ring substituents is 1. The Bertz CT molecular complexity index is 683. The first-order chi connectivity index (χ1) is 10.4. The minimum Gasteiger partial charge on any atom is -0.341 e. The summed E-state index contributed by atoms with van der Waals surface area (Å²) in [5.74, 6) is 0. The van der Waals surface area contributed by atoms with Gasteiger partial charge in [0.25, 0.3) is 11.4 Å². The molecule has 1 aromatic rings. The van der Waals surface area contributed by atoms with E-state index in [1.165, 1.54) is 36.8 Å². The zero-order valence-corrected chi connectivity index (χ0v) is 18.9. The van der Waals surface area contributed by atoms with Crippen molar-refractivity contribution in [2.24, 2.45) is 0 Å². The number of nitro groups is 2. The van der Waals surface area contributed by atoms with E-state index in [2.05, 4.69) is 35.9 Å². The van der Waals surface area contributed by atoms with E-state index in [1.807, 2.05) is 0 Å². The van der Waals surface area contributed by atoms with Gasteiger partial charge in [0.2, 0.25) is 0 Å². The zero-order valence-electron chi connectivity index (χ0n) is 11.7. The Balaban J connectivity index is 0.000000427. The molecule has 2 rings (SSSR count). The summed E-state index contributed by atoms with van der Waals surface area (Å²) in [6.07, 6.45) is 5.83. The fourth-order valence-corrected chi connectivity index (χ4v) is 1.54. The normalized spacial score (nSPS) is 11.3. The van der Waals surface area contributed by atoms with Gasteiger partial charge in [0.05, 0.1) is 16.3 Å². The van der Waals surface area contributed by atoms with Gasteiger partial charge in [-0.2, -0.15) is 0 Å². The van der Waals surface area contributed by atoms with Crippen molar-refractivity contribution in [3.63, 3.8) is 0 Å². The van der Waals surface area contributed by atoms with Crippen LogP contribution in [0.2, 0.25) is 0 Å². The Morgan fingerprint density at radius 1 is 1.13 bits per heavy atom. The molecule has 1 aliphatic rings. The van der Waals surface area contributed by atoms with Crippen molar-refractivity contribution in [2.75, 3.05) is 5.32 Å². The number of hydrogen-bond acceptors (Lipinski definition) is 5. The molecule has 23 heavy (non-hydrogen) atoms. The smallest absolute Gasteiger partial charge is 0.341 e. The van der Waals surface area contributed by atoms with Crippen LogP contribution in [0.25, 0.3) is 0 Å². The van der Waals surface area contributed by atoms with E-state index >= 15 is 0 Å². The standard InChI is InChI=1S/C7H6N2O2S2.C6H4NO2.Hg/c10-9(11)6-3-1-5(2-4-6)8-7(12)13;8-7(9)6-4-2-1-3-5-6;/h1-4H,(H2,8,12,13);2-5H;/q;;+1. The van der Waals surface area contributed by atoms with Crippen LogP contribution < -0.4 is 5.32 Å². The topological polar surface area (TPSA) is 98.3 Å². The molecule has 0 spiro atoms. The van der Waals surface area contributed by atoms with Gasteiger partial charge < -0.3 is 5.32 Å². The van der Waals surface area contributed by atoms with E-state index in [0.717, 1.165) is 0 Å². The van der Waals surface area contributed by atoms with Gasteiger partial charge >= 0.3 is 27.7 Å². The van der Waals surface area contributed by atoms with Crippen LogP contribution in [0.1, 0.15) is 0 Å². The second kappa shape index (κ2) is 11.1. The summed E-state index contributed by atoms with van der Waals surface area (Å²) in [6.45, 7) is 0. The summed E-state index contributed by atoms with van der Waals surface area (Å²) in [5, 5.41) is 23.0. The predicted octanol–water partition coefficient (Wildman–Crippen LogP) is 3.30. The number of allylic oxidation sites excluding steroid dienone is 2. The summed E-state index contributed by atoms with van der Waals surface area (Å²) in [7, 11) is 0. The van der Waals surface area contributed by atoms with Crippen molar-refractivity contribution in [1.29, 1.82) is 0 Å². The van der Waals surface area contributed by atoms with Crippen LogP contribution >= 0.6 is 24.8 Å². The molecule has 0 saturated carbocycles. The molecule has 1 aliphatic carbocycles. The number of anilines is 1. The molecule has 7 nitrogen and oxygen atoms in total. The molecule has 10 heteroatoms. The molecule has 0 amide bonds. The molecule has 0 saturated heterocycles. The first kappa shape index (κ1) is 21.5. The molecule has 1 aromatic carbocycles. The van der Waals surface area contributed by atoms with Crippen molar-refractivity contribution in [3.05, 3.63) is 80.6 Å². The molecular formula is C13H10HgN3O4S2+. The van der Waals surface area contributed by atoms with Gasteiger partial charge in [0.15, 0.2) is 0 Å². The van der Waals surface area contributed by atoms with Gasteiger partial charge in [-0.1, -0.05) is 12.2 Å². The molecule has 0 heterocycles. The van der Waals surface area contributed by atoms with Gasteiger partial charge in [-0.05, 0) is 24.3 Å². The summed E-state index contributed by atoms with van der Waals surface area (Å²) in [6, 6.07) is 5.93. The molecular weight excluding hydrogens is 527 g/mol. The Morgan fingerprint density at radius 3 is 2.09 bits per heavy atom. The van der Waals surface area contributed by atoms with Crippen molar-refractivity contribution in [1.82, 2.24) is 0 Å².